The third-order valence-electron chi connectivity index (χ3n) is 7.39. The molecular formula is C25H35N7O. The lowest BCUT2D eigenvalue weighted by molar-refractivity contribution is 0.103. The molecule has 5 rings (SSSR count). The van der Waals surface area contributed by atoms with Crippen molar-refractivity contribution in [1.29, 1.82) is 0 Å². The van der Waals surface area contributed by atoms with Crippen LogP contribution in [0.4, 0.5) is 0 Å². The number of fused-ring (bicyclic) bond motifs is 1. The Kier molecular flexibility index (Phi) is 6.55. The van der Waals surface area contributed by atoms with Crippen LogP contribution in [0.1, 0.15) is 75.0 Å². The molecule has 1 aliphatic carbocycles. The SMILES string of the molecule is CCCN1CCN(C(c2cc3cc(CC)ccc3[nH]c2=O)c2nnnn2C2CCCC2)CC1. The molecule has 1 saturated heterocycles. The summed E-state index contributed by atoms with van der Waals surface area (Å²) in [7, 11) is 0. The number of nitrogens with one attached hydrogen (secondary N) is 1. The maximum atomic E-state index is 13.4. The maximum absolute atomic E-state index is 13.4. The number of hydrogen-bond acceptors (Lipinski definition) is 6. The third kappa shape index (κ3) is 4.46. The van der Waals surface area contributed by atoms with Crippen LogP contribution in [-0.2, 0) is 6.42 Å². The first kappa shape index (κ1) is 22.2. The Balaban J connectivity index is 1.58. The van der Waals surface area contributed by atoms with Crippen LogP contribution in [0.2, 0.25) is 0 Å². The van der Waals surface area contributed by atoms with E-state index in [2.05, 4.69) is 62.4 Å². The summed E-state index contributed by atoms with van der Waals surface area (Å²) in [5.74, 6) is 0.808. The third-order valence-corrected chi connectivity index (χ3v) is 7.39. The van der Waals surface area contributed by atoms with Crippen LogP contribution in [0.25, 0.3) is 10.9 Å². The molecular weight excluding hydrogens is 414 g/mol. The Morgan fingerprint density at radius 2 is 1.88 bits per heavy atom. The highest BCUT2D eigenvalue weighted by molar-refractivity contribution is 5.80. The van der Waals surface area contributed by atoms with Crippen LogP contribution in [0.15, 0.2) is 29.1 Å². The summed E-state index contributed by atoms with van der Waals surface area (Å²) in [6, 6.07) is 8.44. The van der Waals surface area contributed by atoms with Crippen LogP contribution in [-0.4, -0.2) is 67.7 Å². The van der Waals surface area contributed by atoms with Gasteiger partial charge in [0.1, 0.15) is 6.04 Å². The van der Waals surface area contributed by atoms with Gasteiger partial charge in [0, 0.05) is 37.3 Å². The predicted molar refractivity (Wildman–Crippen MR) is 129 cm³/mol. The highest BCUT2D eigenvalue weighted by atomic mass is 16.1. The van der Waals surface area contributed by atoms with Gasteiger partial charge in [-0.1, -0.05) is 32.8 Å². The van der Waals surface area contributed by atoms with Crippen LogP contribution < -0.4 is 5.56 Å². The van der Waals surface area contributed by atoms with Gasteiger partial charge in [0.2, 0.25) is 0 Å². The van der Waals surface area contributed by atoms with Crippen molar-refractivity contribution in [3.8, 4) is 0 Å². The number of aryl methyl sites for hydroxylation is 1. The average molecular weight is 450 g/mol. The van der Waals surface area contributed by atoms with Crippen LogP contribution in [0.5, 0.6) is 0 Å². The molecule has 2 aliphatic rings. The number of tetrazole rings is 1. The minimum Gasteiger partial charge on any atom is -0.322 e. The molecule has 33 heavy (non-hydrogen) atoms. The number of aromatic amines is 1. The molecule has 3 aromatic rings. The molecule has 0 bridgehead atoms. The number of aromatic nitrogens is 5. The van der Waals surface area contributed by atoms with Gasteiger partial charge >= 0.3 is 0 Å². The first-order chi connectivity index (χ1) is 16.2. The van der Waals surface area contributed by atoms with Gasteiger partial charge in [0.25, 0.3) is 5.56 Å². The Labute approximate surface area is 195 Å². The zero-order valence-electron chi connectivity index (χ0n) is 19.8. The predicted octanol–water partition coefficient (Wildman–Crippen LogP) is 3.31. The normalized spacial score (nSPS) is 19.5. The molecule has 3 heterocycles. The summed E-state index contributed by atoms with van der Waals surface area (Å²) in [5, 5.41) is 14.1. The van der Waals surface area contributed by atoms with Gasteiger partial charge in [-0.15, -0.1) is 5.10 Å². The van der Waals surface area contributed by atoms with Crippen molar-refractivity contribution in [3.05, 3.63) is 51.6 Å². The number of piperazine rings is 1. The van der Waals surface area contributed by atoms with E-state index in [1.54, 1.807) is 0 Å². The molecule has 1 unspecified atom stereocenters. The minimum absolute atomic E-state index is 0.0475. The van der Waals surface area contributed by atoms with Crippen LogP contribution in [0, 0.1) is 0 Å². The molecule has 1 aromatic carbocycles. The molecule has 1 atom stereocenters. The molecule has 2 fully saturated rings. The van der Waals surface area contributed by atoms with Crippen LogP contribution in [0.3, 0.4) is 0 Å². The fraction of sp³-hybridized carbons (Fsp3) is 0.600. The molecule has 0 radical (unpaired) electrons. The number of H-pyrrole nitrogens is 1. The second-order valence-electron chi connectivity index (χ2n) is 9.53. The lowest BCUT2D eigenvalue weighted by Crippen LogP contribution is -2.49. The fourth-order valence-electron chi connectivity index (χ4n) is 5.55. The van der Waals surface area contributed by atoms with Crippen molar-refractivity contribution in [2.24, 2.45) is 0 Å². The maximum Gasteiger partial charge on any atom is 0.253 e. The Morgan fingerprint density at radius 3 is 2.61 bits per heavy atom. The van der Waals surface area contributed by atoms with Crippen molar-refractivity contribution < 1.29 is 0 Å². The van der Waals surface area contributed by atoms with E-state index in [0.717, 1.165) is 80.7 Å². The van der Waals surface area contributed by atoms with Gasteiger partial charge in [-0.05, 0) is 71.8 Å². The average Bonchev–Trinajstić information content (AvgIpc) is 3.53. The minimum atomic E-state index is -0.247. The van der Waals surface area contributed by atoms with Crippen LogP contribution >= 0.6 is 0 Å². The van der Waals surface area contributed by atoms with Crippen molar-refractivity contribution in [2.75, 3.05) is 32.7 Å². The molecule has 0 amide bonds. The Hall–Kier alpha value is -2.58. The van der Waals surface area contributed by atoms with E-state index >= 15 is 0 Å². The largest absolute Gasteiger partial charge is 0.322 e. The molecule has 8 heteroatoms. The molecule has 1 aliphatic heterocycles. The van der Waals surface area contributed by atoms with Gasteiger partial charge in [-0.2, -0.15) is 0 Å². The number of hydrogen-bond donors (Lipinski definition) is 1. The molecule has 176 valence electrons. The molecule has 2 aromatic heterocycles. The van der Waals surface area contributed by atoms with Gasteiger partial charge in [0.05, 0.1) is 6.04 Å². The zero-order chi connectivity index (χ0) is 22.8. The quantitative estimate of drug-likeness (QED) is 0.596. The summed E-state index contributed by atoms with van der Waals surface area (Å²) in [4.78, 5) is 21.4. The zero-order valence-corrected chi connectivity index (χ0v) is 19.8. The lowest BCUT2D eigenvalue weighted by Gasteiger charge is -2.38. The Bertz CT molecular complexity index is 1140. The summed E-state index contributed by atoms with van der Waals surface area (Å²) in [6.07, 6.45) is 6.74. The summed E-state index contributed by atoms with van der Waals surface area (Å²) >= 11 is 0. The standard InChI is InChI=1S/C25H35N7O/c1-3-11-30-12-14-31(15-13-30)23(24-27-28-29-32(24)20-7-5-6-8-20)21-17-19-16-18(4-2)9-10-22(19)26-25(21)33/h9-10,16-17,20,23H,3-8,11-15H2,1-2H3,(H,26,33). The smallest absolute Gasteiger partial charge is 0.253 e. The fourth-order valence-corrected chi connectivity index (χ4v) is 5.55. The second-order valence-corrected chi connectivity index (χ2v) is 9.53. The first-order valence-electron chi connectivity index (χ1n) is 12.6. The van der Waals surface area contributed by atoms with E-state index in [1.807, 2.05) is 10.7 Å². The van der Waals surface area contributed by atoms with Gasteiger partial charge in [-0.3, -0.25) is 9.69 Å². The van der Waals surface area contributed by atoms with Gasteiger partial charge < -0.3 is 9.88 Å². The van der Waals surface area contributed by atoms with E-state index in [0.29, 0.717) is 6.04 Å². The number of benzene rings is 1. The van der Waals surface area contributed by atoms with E-state index < -0.39 is 0 Å². The highest BCUT2D eigenvalue weighted by Gasteiger charge is 2.34. The molecule has 0 spiro atoms. The van der Waals surface area contributed by atoms with Gasteiger partial charge in [-0.25, -0.2) is 4.68 Å². The monoisotopic (exact) mass is 449 g/mol. The summed E-state index contributed by atoms with van der Waals surface area (Å²) in [5.41, 5.74) is 2.84. The lowest BCUT2D eigenvalue weighted by atomic mass is 10.0. The van der Waals surface area contributed by atoms with E-state index in [4.69, 9.17) is 0 Å². The molecule has 1 saturated carbocycles. The topological polar surface area (TPSA) is 82.9 Å². The number of rotatable bonds is 7. The van der Waals surface area contributed by atoms with E-state index in [9.17, 15) is 4.79 Å². The highest BCUT2D eigenvalue weighted by Crippen LogP contribution is 2.34. The van der Waals surface area contributed by atoms with Gasteiger partial charge in [0.15, 0.2) is 5.82 Å². The van der Waals surface area contributed by atoms with Crippen molar-refractivity contribution >= 4 is 10.9 Å². The van der Waals surface area contributed by atoms with Crippen molar-refractivity contribution in [2.45, 2.75) is 64.5 Å². The van der Waals surface area contributed by atoms with Crippen molar-refractivity contribution in [1.82, 2.24) is 35.0 Å². The Morgan fingerprint density at radius 1 is 1.09 bits per heavy atom. The summed E-state index contributed by atoms with van der Waals surface area (Å²) < 4.78 is 2.02. The van der Waals surface area contributed by atoms with Crippen molar-refractivity contribution in [3.63, 3.8) is 0 Å². The second kappa shape index (κ2) is 9.73. The van der Waals surface area contributed by atoms with E-state index in [-0.39, 0.29) is 11.6 Å². The summed E-state index contributed by atoms with van der Waals surface area (Å²) in [6.45, 7) is 9.30. The first-order valence-corrected chi connectivity index (χ1v) is 12.6. The number of nitrogens with zero attached hydrogens (tertiary/aromatic N) is 6. The van der Waals surface area contributed by atoms with E-state index in [1.165, 1.54) is 18.4 Å². The molecule has 8 nitrogen and oxygen atoms in total. The number of pyridine rings is 1. The molecule has 1 N–H and O–H groups in total.